The smallest absolute Gasteiger partial charge is 0.162 e. The van der Waals surface area contributed by atoms with Gasteiger partial charge in [0, 0.05) is 13.7 Å². The van der Waals surface area contributed by atoms with Gasteiger partial charge in [-0.3, -0.25) is 0 Å². The summed E-state index contributed by atoms with van der Waals surface area (Å²) in [7, 11) is 1.66. The molecule has 0 atom stereocenters. The molecule has 0 aliphatic carbocycles. The molecule has 0 aliphatic rings. The minimum absolute atomic E-state index is 0.408. The molecule has 0 aromatic rings. The number of hydrogen-bond donors (Lipinski definition) is 0. The minimum Gasteiger partial charge on any atom is -0.354 e. The van der Waals surface area contributed by atoms with E-state index in [1.54, 1.807) is 7.11 Å². The summed E-state index contributed by atoms with van der Waals surface area (Å²) in [5.74, 6) is -0.408. The van der Waals surface area contributed by atoms with Gasteiger partial charge >= 0.3 is 0 Å². The molecule has 10 heavy (non-hydrogen) atoms. The van der Waals surface area contributed by atoms with Crippen molar-refractivity contribution in [2.45, 2.75) is 39.4 Å². The Morgan fingerprint density at radius 1 is 1.30 bits per heavy atom. The molecule has 0 rings (SSSR count). The number of methoxy groups -OCH3 is 1. The summed E-state index contributed by atoms with van der Waals surface area (Å²) in [6.45, 7) is 6.77. The minimum atomic E-state index is -0.408. The first-order valence-corrected chi connectivity index (χ1v) is 3.81. The highest BCUT2D eigenvalue weighted by atomic mass is 16.7. The fourth-order valence-corrected chi connectivity index (χ4v) is 0.521. The van der Waals surface area contributed by atoms with Crippen molar-refractivity contribution in [1.29, 1.82) is 0 Å². The van der Waals surface area contributed by atoms with Crippen LogP contribution in [-0.2, 0) is 9.47 Å². The molecule has 2 heteroatoms. The maximum absolute atomic E-state index is 5.40. The average Bonchev–Trinajstić information content (AvgIpc) is 1.89. The van der Waals surface area contributed by atoms with Crippen molar-refractivity contribution in [2.75, 3.05) is 13.7 Å². The Labute approximate surface area is 63.5 Å². The van der Waals surface area contributed by atoms with E-state index in [1.807, 2.05) is 13.8 Å². The molecule has 0 spiro atoms. The van der Waals surface area contributed by atoms with Crippen molar-refractivity contribution in [3.05, 3.63) is 0 Å². The molecule has 0 aromatic carbocycles. The van der Waals surface area contributed by atoms with Crippen LogP contribution in [0.4, 0.5) is 0 Å². The fraction of sp³-hybridized carbons (Fsp3) is 1.00. The van der Waals surface area contributed by atoms with Crippen LogP contribution in [0.25, 0.3) is 0 Å². The van der Waals surface area contributed by atoms with Crippen LogP contribution in [-0.4, -0.2) is 19.5 Å². The first-order valence-electron chi connectivity index (χ1n) is 3.81. The van der Waals surface area contributed by atoms with E-state index in [0.29, 0.717) is 0 Å². The summed E-state index contributed by atoms with van der Waals surface area (Å²) in [4.78, 5) is 0. The Morgan fingerprint density at radius 3 is 2.30 bits per heavy atom. The third-order valence-corrected chi connectivity index (χ3v) is 1.44. The lowest BCUT2D eigenvalue weighted by Gasteiger charge is -2.22. The topological polar surface area (TPSA) is 18.5 Å². The molecule has 0 unspecified atom stereocenters. The van der Waals surface area contributed by atoms with Gasteiger partial charge in [0.25, 0.3) is 0 Å². The van der Waals surface area contributed by atoms with Crippen LogP contribution in [0.1, 0.15) is 33.6 Å². The van der Waals surface area contributed by atoms with Crippen LogP contribution in [0.5, 0.6) is 0 Å². The summed E-state index contributed by atoms with van der Waals surface area (Å²) in [5, 5.41) is 0. The summed E-state index contributed by atoms with van der Waals surface area (Å²) in [6.07, 6.45) is 2.27. The monoisotopic (exact) mass is 146 g/mol. The van der Waals surface area contributed by atoms with Crippen LogP contribution in [0.3, 0.4) is 0 Å². The predicted molar refractivity (Wildman–Crippen MR) is 41.9 cm³/mol. The summed E-state index contributed by atoms with van der Waals surface area (Å²) in [6, 6.07) is 0. The van der Waals surface area contributed by atoms with Gasteiger partial charge in [0.15, 0.2) is 5.79 Å². The second kappa shape index (κ2) is 4.69. The van der Waals surface area contributed by atoms with E-state index in [2.05, 4.69) is 6.92 Å². The van der Waals surface area contributed by atoms with Crippen molar-refractivity contribution in [3.63, 3.8) is 0 Å². The highest BCUT2D eigenvalue weighted by Crippen LogP contribution is 2.09. The van der Waals surface area contributed by atoms with Crippen LogP contribution in [0.15, 0.2) is 0 Å². The van der Waals surface area contributed by atoms with Gasteiger partial charge < -0.3 is 9.47 Å². The summed E-state index contributed by atoms with van der Waals surface area (Å²) in [5.41, 5.74) is 0. The van der Waals surface area contributed by atoms with Crippen molar-refractivity contribution in [2.24, 2.45) is 0 Å². The fourth-order valence-electron chi connectivity index (χ4n) is 0.521. The zero-order valence-corrected chi connectivity index (χ0v) is 7.44. The maximum Gasteiger partial charge on any atom is 0.162 e. The van der Waals surface area contributed by atoms with Gasteiger partial charge in [-0.25, -0.2) is 0 Å². The third-order valence-electron chi connectivity index (χ3n) is 1.44. The van der Waals surface area contributed by atoms with Crippen LogP contribution < -0.4 is 0 Å². The predicted octanol–water partition coefficient (Wildman–Crippen LogP) is 2.19. The van der Waals surface area contributed by atoms with Gasteiger partial charge in [-0.1, -0.05) is 13.3 Å². The van der Waals surface area contributed by atoms with Gasteiger partial charge in [-0.2, -0.15) is 0 Å². The molecule has 0 amide bonds. The van der Waals surface area contributed by atoms with Gasteiger partial charge in [0.1, 0.15) is 0 Å². The Hall–Kier alpha value is -0.0800. The molecular formula is C8H18O2. The maximum atomic E-state index is 5.40. The zero-order chi connectivity index (χ0) is 8.04. The van der Waals surface area contributed by atoms with Gasteiger partial charge in [0.2, 0.25) is 0 Å². The van der Waals surface area contributed by atoms with Crippen molar-refractivity contribution < 1.29 is 9.47 Å². The van der Waals surface area contributed by atoms with Gasteiger partial charge in [0.05, 0.1) is 0 Å². The van der Waals surface area contributed by atoms with Crippen LogP contribution in [0, 0.1) is 0 Å². The lowest BCUT2D eigenvalue weighted by atomic mass is 10.3. The summed E-state index contributed by atoms with van der Waals surface area (Å²) < 4.78 is 10.5. The molecule has 0 heterocycles. The molecule has 0 aromatic heterocycles. The Bertz CT molecular complexity index is 79.3. The SMILES string of the molecule is CCCCOC(C)(C)OC. The van der Waals surface area contributed by atoms with Crippen LogP contribution in [0.2, 0.25) is 0 Å². The van der Waals surface area contributed by atoms with E-state index in [0.717, 1.165) is 13.0 Å². The van der Waals surface area contributed by atoms with E-state index >= 15 is 0 Å². The second-order valence-electron chi connectivity index (χ2n) is 2.81. The molecule has 0 radical (unpaired) electrons. The highest BCUT2D eigenvalue weighted by molar-refractivity contribution is 4.50. The first kappa shape index (κ1) is 9.92. The van der Waals surface area contributed by atoms with Gasteiger partial charge in [-0.15, -0.1) is 0 Å². The van der Waals surface area contributed by atoms with Crippen molar-refractivity contribution in [3.8, 4) is 0 Å². The largest absolute Gasteiger partial charge is 0.354 e. The molecule has 0 bridgehead atoms. The normalized spacial score (nSPS) is 12.0. The Kier molecular flexibility index (Phi) is 4.65. The lowest BCUT2D eigenvalue weighted by molar-refractivity contribution is -0.197. The summed E-state index contributed by atoms with van der Waals surface area (Å²) >= 11 is 0. The molecule has 0 saturated carbocycles. The van der Waals surface area contributed by atoms with Crippen LogP contribution >= 0.6 is 0 Å². The number of unbranched alkanes of at least 4 members (excludes halogenated alkanes) is 1. The van der Waals surface area contributed by atoms with E-state index in [-0.39, 0.29) is 0 Å². The molecule has 0 aliphatic heterocycles. The number of hydrogen-bond acceptors (Lipinski definition) is 2. The molecule has 62 valence electrons. The van der Waals surface area contributed by atoms with E-state index in [4.69, 9.17) is 9.47 Å². The average molecular weight is 146 g/mol. The lowest BCUT2D eigenvalue weighted by Crippen LogP contribution is -2.26. The van der Waals surface area contributed by atoms with Crippen molar-refractivity contribution in [1.82, 2.24) is 0 Å². The third kappa shape index (κ3) is 4.77. The highest BCUT2D eigenvalue weighted by Gasteiger charge is 2.14. The Morgan fingerprint density at radius 2 is 1.90 bits per heavy atom. The van der Waals surface area contributed by atoms with Gasteiger partial charge in [-0.05, 0) is 20.3 Å². The standard InChI is InChI=1S/C8H18O2/c1-5-6-7-10-8(2,3)9-4/h5-7H2,1-4H3. The molecular weight excluding hydrogens is 128 g/mol. The number of rotatable bonds is 5. The zero-order valence-electron chi connectivity index (χ0n) is 7.44. The van der Waals surface area contributed by atoms with E-state index < -0.39 is 5.79 Å². The molecule has 0 fully saturated rings. The number of ether oxygens (including phenoxy) is 2. The Balaban J connectivity index is 3.28. The quantitative estimate of drug-likeness (QED) is 0.437. The second-order valence-corrected chi connectivity index (χ2v) is 2.81. The van der Waals surface area contributed by atoms with Crippen molar-refractivity contribution >= 4 is 0 Å². The van der Waals surface area contributed by atoms with E-state index in [9.17, 15) is 0 Å². The molecule has 0 saturated heterocycles. The molecule has 2 nitrogen and oxygen atoms in total. The first-order chi connectivity index (χ1) is 4.62. The van der Waals surface area contributed by atoms with E-state index in [1.165, 1.54) is 6.42 Å². The molecule has 0 N–H and O–H groups in total.